The lowest BCUT2D eigenvalue weighted by Crippen LogP contribution is -2.12. The first-order chi connectivity index (χ1) is 12.0. The molecule has 1 aromatic carbocycles. The van der Waals surface area contributed by atoms with E-state index in [-0.39, 0.29) is 11.4 Å². The summed E-state index contributed by atoms with van der Waals surface area (Å²) in [4.78, 5) is 15.1. The van der Waals surface area contributed by atoms with Crippen LogP contribution in [0.15, 0.2) is 50.7 Å². The standard InChI is InChI=1S/C19H15FN2O2S/c1-3-25-19-15(8-11(2)24-19)14-9-17(22-18(23)16(14)10-21)12-4-6-13(20)7-5-12/h4-9H,3H2,1-2H3,(H,22,23). The molecule has 0 saturated heterocycles. The fourth-order valence-corrected chi connectivity index (χ4v) is 3.36. The van der Waals surface area contributed by atoms with E-state index in [4.69, 9.17) is 4.42 Å². The summed E-state index contributed by atoms with van der Waals surface area (Å²) in [6.07, 6.45) is 0. The Kier molecular flexibility index (Phi) is 4.77. The molecule has 6 heteroatoms. The highest BCUT2D eigenvalue weighted by Gasteiger charge is 2.18. The smallest absolute Gasteiger partial charge is 0.266 e. The van der Waals surface area contributed by atoms with Crippen LogP contribution in [0, 0.1) is 24.1 Å². The lowest BCUT2D eigenvalue weighted by molar-refractivity contribution is 0.450. The van der Waals surface area contributed by atoms with Crippen molar-refractivity contribution in [3.05, 3.63) is 63.9 Å². The summed E-state index contributed by atoms with van der Waals surface area (Å²) in [6.45, 7) is 3.82. The molecule has 0 atom stereocenters. The maximum atomic E-state index is 13.2. The lowest BCUT2D eigenvalue weighted by Gasteiger charge is -2.08. The van der Waals surface area contributed by atoms with Crippen LogP contribution in [0.1, 0.15) is 18.2 Å². The maximum absolute atomic E-state index is 13.2. The first-order valence-corrected chi connectivity index (χ1v) is 8.69. The zero-order chi connectivity index (χ0) is 18.0. The molecule has 126 valence electrons. The summed E-state index contributed by atoms with van der Waals surface area (Å²) in [5, 5.41) is 10.1. The Hall–Kier alpha value is -2.78. The first-order valence-electron chi connectivity index (χ1n) is 7.70. The van der Waals surface area contributed by atoms with Gasteiger partial charge >= 0.3 is 0 Å². The predicted molar refractivity (Wildman–Crippen MR) is 96.0 cm³/mol. The zero-order valence-electron chi connectivity index (χ0n) is 13.7. The van der Waals surface area contributed by atoms with E-state index in [0.29, 0.717) is 27.7 Å². The fraction of sp³-hybridized carbons (Fsp3) is 0.158. The van der Waals surface area contributed by atoms with Gasteiger partial charge in [0.05, 0.1) is 0 Å². The molecule has 0 saturated carbocycles. The van der Waals surface area contributed by atoms with Crippen LogP contribution in [0.3, 0.4) is 0 Å². The second-order valence-corrected chi connectivity index (χ2v) is 6.65. The van der Waals surface area contributed by atoms with Gasteiger partial charge in [0, 0.05) is 16.8 Å². The van der Waals surface area contributed by atoms with E-state index in [1.54, 1.807) is 18.2 Å². The van der Waals surface area contributed by atoms with Crippen molar-refractivity contribution < 1.29 is 8.81 Å². The van der Waals surface area contributed by atoms with Crippen LogP contribution >= 0.6 is 11.8 Å². The van der Waals surface area contributed by atoms with E-state index in [0.717, 1.165) is 11.3 Å². The molecule has 2 aromatic heterocycles. The van der Waals surface area contributed by atoms with Gasteiger partial charge in [0.15, 0.2) is 5.09 Å². The van der Waals surface area contributed by atoms with Crippen molar-refractivity contribution in [3.63, 3.8) is 0 Å². The number of nitriles is 1. The van der Waals surface area contributed by atoms with Gasteiger partial charge in [-0.05, 0) is 54.6 Å². The number of pyridine rings is 1. The molecule has 25 heavy (non-hydrogen) atoms. The maximum Gasteiger partial charge on any atom is 0.266 e. The van der Waals surface area contributed by atoms with E-state index in [1.807, 2.05) is 26.0 Å². The van der Waals surface area contributed by atoms with Crippen molar-refractivity contribution in [2.75, 3.05) is 5.75 Å². The zero-order valence-corrected chi connectivity index (χ0v) is 14.5. The van der Waals surface area contributed by atoms with Crippen LogP contribution < -0.4 is 5.56 Å². The molecule has 2 heterocycles. The first kappa shape index (κ1) is 17.1. The Balaban J connectivity index is 2.24. The number of halogens is 1. The molecule has 0 bridgehead atoms. The number of nitrogens with zero attached hydrogens (tertiary/aromatic N) is 1. The Morgan fingerprint density at radius 2 is 1.96 bits per heavy atom. The topological polar surface area (TPSA) is 69.8 Å². The molecule has 0 spiro atoms. The van der Waals surface area contributed by atoms with Crippen molar-refractivity contribution in [1.29, 1.82) is 5.26 Å². The molecular weight excluding hydrogens is 339 g/mol. The van der Waals surface area contributed by atoms with Gasteiger partial charge in [0.25, 0.3) is 5.56 Å². The Bertz CT molecular complexity index is 1010. The van der Waals surface area contributed by atoms with Gasteiger partial charge in [0.1, 0.15) is 23.2 Å². The minimum atomic E-state index is -0.481. The number of aromatic nitrogens is 1. The predicted octanol–water partition coefficient (Wildman–Crippen LogP) is 4.73. The average Bonchev–Trinajstić information content (AvgIpc) is 2.95. The quantitative estimate of drug-likeness (QED) is 0.688. The molecule has 0 aliphatic rings. The van der Waals surface area contributed by atoms with Crippen LogP contribution in [-0.2, 0) is 0 Å². The van der Waals surface area contributed by atoms with Gasteiger partial charge in [-0.1, -0.05) is 18.7 Å². The summed E-state index contributed by atoms with van der Waals surface area (Å²) in [6, 6.07) is 11.3. The molecular formula is C19H15FN2O2S. The fourth-order valence-electron chi connectivity index (χ4n) is 2.59. The number of aromatic amines is 1. The highest BCUT2D eigenvalue weighted by molar-refractivity contribution is 7.99. The van der Waals surface area contributed by atoms with Gasteiger partial charge in [-0.3, -0.25) is 4.79 Å². The largest absolute Gasteiger partial charge is 0.455 e. The number of H-pyrrole nitrogens is 1. The Morgan fingerprint density at radius 3 is 2.60 bits per heavy atom. The second-order valence-electron chi connectivity index (χ2n) is 5.41. The SMILES string of the molecule is CCSc1oc(C)cc1-c1cc(-c2ccc(F)cc2)[nH]c(=O)c1C#N. The van der Waals surface area contributed by atoms with E-state index in [2.05, 4.69) is 4.98 Å². The molecule has 4 nitrogen and oxygen atoms in total. The minimum absolute atomic E-state index is 0.0321. The van der Waals surface area contributed by atoms with Crippen LogP contribution in [0.25, 0.3) is 22.4 Å². The average molecular weight is 354 g/mol. The Morgan fingerprint density at radius 1 is 1.24 bits per heavy atom. The number of thioether (sulfide) groups is 1. The van der Waals surface area contributed by atoms with Gasteiger partial charge in [0.2, 0.25) is 0 Å². The number of hydrogen-bond acceptors (Lipinski definition) is 4. The third-order valence-corrected chi connectivity index (χ3v) is 4.54. The van der Waals surface area contributed by atoms with Crippen molar-refractivity contribution in [2.45, 2.75) is 18.9 Å². The second kappa shape index (κ2) is 6.99. The Labute approximate surface area is 148 Å². The molecule has 0 radical (unpaired) electrons. The summed E-state index contributed by atoms with van der Waals surface area (Å²) in [7, 11) is 0. The molecule has 0 amide bonds. The molecule has 0 unspecified atom stereocenters. The number of furan rings is 1. The van der Waals surface area contributed by atoms with Crippen LogP contribution in [0.4, 0.5) is 4.39 Å². The number of rotatable bonds is 4. The van der Waals surface area contributed by atoms with E-state index in [1.165, 1.54) is 23.9 Å². The third-order valence-electron chi connectivity index (χ3n) is 3.69. The molecule has 3 aromatic rings. The van der Waals surface area contributed by atoms with Crippen LogP contribution in [-0.4, -0.2) is 10.7 Å². The van der Waals surface area contributed by atoms with E-state index < -0.39 is 5.56 Å². The molecule has 0 aliphatic heterocycles. The number of aryl methyl sites for hydroxylation is 1. The van der Waals surface area contributed by atoms with Crippen molar-refractivity contribution in [3.8, 4) is 28.5 Å². The van der Waals surface area contributed by atoms with Gasteiger partial charge in [-0.15, -0.1) is 0 Å². The monoisotopic (exact) mass is 354 g/mol. The normalized spacial score (nSPS) is 10.6. The molecule has 1 N–H and O–H groups in total. The van der Waals surface area contributed by atoms with Crippen molar-refractivity contribution in [2.24, 2.45) is 0 Å². The third kappa shape index (κ3) is 3.37. The highest BCUT2D eigenvalue weighted by atomic mass is 32.2. The van der Waals surface area contributed by atoms with Crippen molar-refractivity contribution >= 4 is 11.8 Å². The lowest BCUT2D eigenvalue weighted by atomic mass is 10.0. The van der Waals surface area contributed by atoms with E-state index in [9.17, 15) is 14.4 Å². The highest BCUT2D eigenvalue weighted by Crippen LogP contribution is 2.36. The van der Waals surface area contributed by atoms with Crippen molar-refractivity contribution in [1.82, 2.24) is 4.98 Å². The van der Waals surface area contributed by atoms with E-state index >= 15 is 0 Å². The number of benzene rings is 1. The minimum Gasteiger partial charge on any atom is -0.455 e. The summed E-state index contributed by atoms with van der Waals surface area (Å²) in [5.41, 5.74) is 1.96. The van der Waals surface area contributed by atoms with Gasteiger partial charge < -0.3 is 9.40 Å². The molecule has 0 aliphatic carbocycles. The van der Waals surface area contributed by atoms with Crippen LogP contribution in [0.5, 0.6) is 0 Å². The number of nitrogens with one attached hydrogen (secondary N) is 1. The summed E-state index contributed by atoms with van der Waals surface area (Å²) < 4.78 is 18.9. The molecule has 3 rings (SSSR count). The molecule has 0 fully saturated rings. The van der Waals surface area contributed by atoms with Gasteiger partial charge in [-0.25, -0.2) is 4.39 Å². The van der Waals surface area contributed by atoms with Crippen LogP contribution in [0.2, 0.25) is 0 Å². The van der Waals surface area contributed by atoms with Gasteiger partial charge in [-0.2, -0.15) is 5.26 Å². The number of hydrogen-bond donors (Lipinski definition) is 1. The summed E-state index contributed by atoms with van der Waals surface area (Å²) >= 11 is 1.51. The summed E-state index contributed by atoms with van der Waals surface area (Å²) in [5.74, 6) is 1.15.